The van der Waals surface area contributed by atoms with Gasteiger partial charge in [-0.1, -0.05) is 13.8 Å². The second-order valence-electron chi connectivity index (χ2n) is 5.59. The fourth-order valence-electron chi connectivity index (χ4n) is 0.812. The standard InChI is InChI=1S/C12H22O4/c1-8(2)9(13)15-12(6,7)10(14)16-11(3,4)5/h8H,1-7H3. The van der Waals surface area contributed by atoms with Crippen LogP contribution >= 0.6 is 0 Å². The van der Waals surface area contributed by atoms with Crippen molar-refractivity contribution in [3.05, 3.63) is 0 Å². The molecule has 0 spiro atoms. The number of hydrogen-bond acceptors (Lipinski definition) is 4. The predicted octanol–water partition coefficient (Wildman–Crippen LogP) is 2.31. The van der Waals surface area contributed by atoms with Crippen molar-refractivity contribution in [3.8, 4) is 0 Å². The van der Waals surface area contributed by atoms with E-state index < -0.39 is 23.1 Å². The van der Waals surface area contributed by atoms with E-state index in [-0.39, 0.29) is 5.92 Å². The summed E-state index contributed by atoms with van der Waals surface area (Å²) < 4.78 is 10.3. The highest BCUT2D eigenvalue weighted by molar-refractivity contribution is 5.83. The molecule has 0 radical (unpaired) electrons. The topological polar surface area (TPSA) is 52.6 Å². The van der Waals surface area contributed by atoms with Gasteiger partial charge in [0.25, 0.3) is 0 Å². The zero-order chi connectivity index (χ0) is 13.1. The summed E-state index contributed by atoms with van der Waals surface area (Å²) in [6.45, 7) is 11.8. The quantitative estimate of drug-likeness (QED) is 0.698. The first-order chi connectivity index (χ1) is 6.96. The van der Waals surface area contributed by atoms with E-state index in [1.807, 2.05) is 0 Å². The maximum absolute atomic E-state index is 11.7. The highest BCUT2D eigenvalue weighted by atomic mass is 16.6. The molecular weight excluding hydrogens is 208 g/mol. The molecule has 0 atom stereocenters. The van der Waals surface area contributed by atoms with Crippen molar-refractivity contribution in [3.63, 3.8) is 0 Å². The van der Waals surface area contributed by atoms with Crippen LogP contribution in [-0.2, 0) is 19.1 Å². The summed E-state index contributed by atoms with van der Waals surface area (Å²) in [5.74, 6) is -1.20. The lowest BCUT2D eigenvalue weighted by atomic mass is 10.1. The van der Waals surface area contributed by atoms with Gasteiger partial charge in [-0.2, -0.15) is 0 Å². The van der Waals surface area contributed by atoms with Gasteiger partial charge in [0.2, 0.25) is 5.60 Å². The van der Waals surface area contributed by atoms with Gasteiger partial charge in [-0.05, 0) is 34.6 Å². The van der Waals surface area contributed by atoms with Crippen molar-refractivity contribution >= 4 is 11.9 Å². The first kappa shape index (κ1) is 14.9. The zero-order valence-corrected chi connectivity index (χ0v) is 11.2. The molecule has 0 fully saturated rings. The van der Waals surface area contributed by atoms with Gasteiger partial charge in [-0.25, -0.2) is 4.79 Å². The average Bonchev–Trinajstić information content (AvgIpc) is 1.99. The maximum Gasteiger partial charge on any atom is 0.350 e. The molecule has 16 heavy (non-hydrogen) atoms. The number of ether oxygens (including phenoxy) is 2. The fraction of sp³-hybridized carbons (Fsp3) is 0.833. The maximum atomic E-state index is 11.7. The van der Waals surface area contributed by atoms with Gasteiger partial charge in [0.15, 0.2) is 0 Å². The summed E-state index contributed by atoms with van der Waals surface area (Å²) in [5.41, 5.74) is -1.83. The lowest BCUT2D eigenvalue weighted by Crippen LogP contribution is -2.43. The zero-order valence-electron chi connectivity index (χ0n) is 11.2. The van der Waals surface area contributed by atoms with Gasteiger partial charge in [-0.3, -0.25) is 4.79 Å². The third-order valence-electron chi connectivity index (χ3n) is 1.72. The Kier molecular flexibility index (Phi) is 4.53. The Bertz CT molecular complexity index is 271. The van der Waals surface area contributed by atoms with Crippen molar-refractivity contribution in [2.75, 3.05) is 0 Å². The lowest BCUT2D eigenvalue weighted by Gasteiger charge is -2.28. The highest BCUT2D eigenvalue weighted by Gasteiger charge is 2.36. The smallest absolute Gasteiger partial charge is 0.350 e. The number of esters is 2. The Morgan fingerprint density at radius 1 is 0.938 bits per heavy atom. The molecule has 0 rings (SSSR count). The van der Waals surface area contributed by atoms with Crippen molar-refractivity contribution in [1.82, 2.24) is 0 Å². The molecule has 0 bridgehead atoms. The molecule has 0 aliphatic rings. The van der Waals surface area contributed by atoms with E-state index in [2.05, 4.69) is 0 Å². The second kappa shape index (κ2) is 4.85. The highest BCUT2D eigenvalue weighted by Crippen LogP contribution is 2.18. The van der Waals surface area contributed by atoms with Crippen LogP contribution in [0.1, 0.15) is 48.5 Å². The number of rotatable bonds is 3. The molecule has 0 saturated heterocycles. The number of carbonyl (C=O) groups excluding carboxylic acids is 2. The van der Waals surface area contributed by atoms with E-state index in [0.29, 0.717) is 0 Å². The van der Waals surface area contributed by atoms with Gasteiger partial charge in [-0.15, -0.1) is 0 Å². The fourth-order valence-corrected chi connectivity index (χ4v) is 0.812. The normalized spacial score (nSPS) is 12.5. The van der Waals surface area contributed by atoms with Crippen LogP contribution in [0.5, 0.6) is 0 Å². The number of carbonyl (C=O) groups is 2. The Balaban J connectivity index is 4.55. The molecule has 0 saturated carbocycles. The largest absolute Gasteiger partial charge is 0.457 e. The molecule has 0 aromatic rings. The molecule has 4 nitrogen and oxygen atoms in total. The van der Waals surface area contributed by atoms with Crippen LogP contribution in [0.25, 0.3) is 0 Å². The molecule has 0 amide bonds. The van der Waals surface area contributed by atoms with E-state index in [1.165, 1.54) is 13.8 Å². The van der Waals surface area contributed by atoms with Crippen molar-refractivity contribution in [2.24, 2.45) is 5.92 Å². The second-order valence-corrected chi connectivity index (χ2v) is 5.59. The number of hydrogen-bond donors (Lipinski definition) is 0. The van der Waals surface area contributed by atoms with Gasteiger partial charge in [0.1, 0.15) is 5.60 Å². The molecule has 0 aromatic carbocycles. The molecule has 0 N–H and O–H groups in total. The first-order valence-electron chi connectivity index (χ1n) is 5.42. The summed E-state index contributed by atoms with van der Waals surface area (Å²) in [6.07, 6.45) is 0. The molecule has 94 valence electrons. The van der Waals surface area contributed by atoms with Crippen LogP contribution in [-0.4, -0.2) is 23.1 Å². The monoisotopic (exact) mass is 230 g/mol. The molecule has 0 unspecified atom stereocenters. The minimum Gasteiger partial charge on any atom is -0.457 e. The van der Waals surface area contributed by atoms with Crippen LogP contribution in [0, 0.1) is 5.92 Å². The molecule has 0 aliphatic carbocycles. The minimum atomic E-state index is -1.24. The molecule has 0 aliphatic heterocycles. The van der Waals surface area contributed by atoms with E-state index >= 15 is 0 Å². The van der Waals surface area contributed by atoms with Crippen molar-refractivity contribution < 1.29 is 19.1 Å². The summed E-state index contributed by atoms with van der Waals surface area (Å²) >= 11 is 0. The van der Waals surface area contributed by atoms with Gasteiger partial charge in [0, 0.05) is 0 Å². The Hall–Kier alpha value is -1.06. The van der Waals surface area contributed by atoms with Crippen LogP contribution in [0.3, 0.4) is 0 Å². The summed E-state index contributed by atoms with van der Waals surface area (Å²) in [6, 6.07) is 0. The molecule has 4 heteroatoms. The van der Waals surface area contributed by atoms with Crippen LogP contribution in [0.4, 0.5) is 0 Å². The first-order valence-corrected chi connectivity index (χ1v) is 5.42. The van der Waals surface area contributed by atoms with E-state index in [0.717, 1.165) is 0 Å². The Morgan fingerprint density at radius 2 is 1.38 bits per heavy atom. The van der Waals surface area contributed by atoms with Crippen molar-refractivity contribution in [1.29, 1.82) is 0 Å². The van der Waals surface area contributed by atoms with Crippen LogP contribution < -0.4 is 0 Å². The average molecular weight is 230 g/mol. The van der Waals surface area contributed by atoms with E-state index in [1.54, 1.807) is 34.6 Å². The molecule has 0 heterocycles. The SMILES string of the molecule is CC(C)C(=O)OC(C)(C)C(=O)OC(C)(C)C. The van der Waals surface area contributed by atoms with Crippen LogP contribution in [0.2, 0.25) is 0 Å². The van der Waals surface area contributed by atoms with Gasteiger partial charge >= 0.3 is 11.9 Å². The predicted molar refractivity (Wildman–Crippen MR) is 60.9 cm³/mol. The van der Waals surface area contributed by atoms with E-state index in [4.69, 9.17) is 9.47 Å². The molecular formula is C12H22O4. The summed E-state index contributed by atoms with van der Waals surface area (Å²) in [5, 5.41) is 0. The summed E-state index contributed by atoms with van der Waals surface area (Å²) in [7, 11) is 0. The third kappa shape index (κ3) is 5.14. The van der Waals surface area contributed by atoms with E-state index in [9.17, 15) is 9.59 Å². The lowest BCUT2D eigenvalue weighted by molar-refractivity contribution is -0.188. The minimum absolute atomic E-state index is 0.262. The Morgan fingerprint density at radius 3 is 1.69 bits per heavy atom. The van der Waals surface area contributed by atoms with Crippen molar-refractivity contribution in [2.45, 2.75) is 59.7 Å². The Labute approximate surface area is 97.3 Å². The third-order valence-corrected chi connectivity index (χ3v) is 1.72. The van der Waals surface area contributed by atoms with Gasteiger partial charge < -0.3 is 9.47 Å². The van der Waals surface area contributed by atoms with Crippen LogP contribution in [0.15, 0.2) is 0 Å². The summed E-state index contributed by atoms with van der Waals surface area (Å²) in [4.78, 5) is 23.1. The van der Waals surface area contributed by atoms with Gasteiger partial charge in [0.05, 0.1) is 5.92 Å². The molecule has 0 aromatic heterocycles.